The maximum atomic E-state index is 13.2. The van der Waals surface area contributed by atoms with Gasteiger partial charge in [-0.25, -0.2) is 9.07 Å². The van der Waals surface area contributed by atoms with Crippen molar-refractivity contribution in [2.75, 3.05) is 0 Å². The zero-order valence-electron chi connectivity index (χ0n) is 13.7. The van der Waals surface area contributed by atoms with E-state index < -0.39 is 11.5 Å². The third-order valence-corrected chi connectivity index (χ3v) is 4.02. The first-order valence-corrected chi connectivity index (χ1v) is 8.25. The van der Waals surface area contributed by atoms with E-state index in [9.17, 15) is 14.0 Å². The van der Waals surface area contributed by atoms with Gasteiger partial charge in [-0.1, -0.05) is 41.9 Å². The van der Waals surface area contributed by atoms with Gasteiger partial charge in [-0.05, 0) is 29.8 Å². The van der Waals surface area contributed by atoms with Gasteiger partial charge in [-0.15, -0.1) is 0 Å². The molecule has 1 heterocycles. The topological polar surface area (TPSA) is 64.0 Å². The smallest absolute Gasteiger partial charge is 0.267 e. The summed E-state index contributed by atoms with van der Waals surface area (Å²) in [6.07, 6.45) is 0. The summed E-state index contributed by atoms with van der Waals surface area (Å²) in [5, 5.41) is 7.35. The second-order valence-corrected chi connectivity index (χ2v) is 6.01. The average molecular weight is 372 g/mol. The number of amides is 1. The predicted octanol–water partition coefficient (Wildman–Crippen LogP) is 3.02. The summed E-state index contributed by atoms with van der Waals surface area (Å²) in [4.78, 5) is 24.1. The highest BCUT2D eigenvalue weighted by Gasteiger charge is 2.10. The van der Waals surface area contributed by atoms with Crippen LogP contribution in [0.15, 0.2) is 65.5 Å². The lowest BCUT2D eigenvalue weighted by molar-refractivity contribution is -0.122. The fourth-order valence-electron chi connectivity index (χ4n) is 2.41. The van der Waals surface area contributed by atoms with Gasteiger partial charge in [-0.2, -0.15) is 5.10 Å². The van der Waals surface area contributed by atoms with E-state index >= 15 is 0 Å². The van der Waals surface area contributed by atoms with Crippen molar-refractivity contribution in [3.05, 3.63) is 87.4 Å². The van der Waals surface area contributed by atoms with Crippen molar-refractivity contribution in [2.45, 2.75) is 13.1 Å². The lowest BCUT2D eigenvalue weighted by atomic mass is 10.1. The maximum Gasteiger partial charge on any atom is 0.267 e. The molecule has 1 aromatic heterocycles. The van der Waals surface area contributed by atoms with E-state index in [0.717, 1.165) is 4.68 Å². The normalized spacial score (nSPS) is 10.5. The number of aromatic nitrogens is 2. The summed E-state index contributed by atoms with van der Waals surface area (Å²) in [6.45, 7) is -0.0814. The highest BCUT2D eigenvalue weighted by molar-refractivity contribution is 6.33. The van der Waals surface area contributed by atoms with Crippen LogP contribution in [0.4, 0.5) is 4.39 Å². The standard InChI is InChI=1S/C19H15ClFN3O2/c20-16-7-2-1-6-15(16)17-8-9-19(26)24(23-17)12-18(25)22-11-13-4-3-5-14(21)10-13/h1-10H,11-12H2,(H,22,25). The molecule has 0 saturated carbocycles. The highest BCUT2D eigenvalue weighted by atomic mass is 35.5. The van der Waals surface area contributed by atoms with Crippen LogP contribution >= 0.6 is 11.6 Å². The van der Waals surface area contributed by atoms with E-state index in [1.807, 2.05) is 6.07 Å². The van der Waals surface area contributed by atoms with Gasteiger partial charge in [-0.3, -0.25) is 9.59 Å². The fourth-order valence-corrected chi connectivity index (χ4v) is 2.65. The van der Waals surface area contributed by atoms with Crippen molar-refractivity contribution in [3.8, 4) is 11.3 Å². The van der Waals surface area contributed by atoms with Crippen molar-refractivity contribution in [1.29, 1.82) is 0 Å². The van der Waals surface area contributed by atoms with E-state index in [1.54, 1.807) is 36.4 Å². The minimum atomic E-state index is -0.403. The van der Waals surface area contributed by atoms with Crippen LogP contribution in [0, 0.1) is 5.82 Å². The molecule has 0 aliphatic rings. The third-order valence-electron chi connectivity index (χ3n) is 3.69. The molecule has 3 aromatic rings. The monoisotopic (exact) mass is 371 g/mol. The molecule has 7 heteroatoms. The Morgan fingerprint density at radius 2 is 1.92 bits per heavy atom. The second-order valence-electron chi connectivity index (χ2n) is 5.60. The summed E-state index contributed by atoms with van der Waals surface area (Å²) in [5.74, 6) is -0.776. The molecule has 0 saturated heterocycles. The number of nitrogens with zero attached hydrogens (tertiary/aromatic N) is 2. The number of nitrogens with one attached hydrogen (secondary N) is 1. The van der Waals surface area contributed by atoms with Gasteiger partial charge >= 0.3 is 0 Å². The first-order chi connectivity index (χ1) is 12.5. The van der Waals surface area contributed by atoms with Crippen molar-refractivity contribution >= 4 is 17.5 Å². The summed E-state index contributed by atoms with van der Waals surface area (Å²) in [6, 6.07) is 15.9. The number of hydrogen-bond acceptors (Lipinski definition) is 3. The SMILES string of the molecule is O=C(Cn1nc(-c2ccccc2Cl)ccc1=O)NCc1cccc(F)c1. The van der Waals surface area contributed by atoms with Crippen molar-refractivity contribution in [2.24, 2.45) is 0 Å². The number of hydrogen-bond donors (Lipinski definition) is 1. The number of carbonyl (C=O) groups is 1. The van der Waals surface area contributed by atoms with Crippen molar-refractivity contribution in [1.82, 2.24) is 15.1 Å². The van der Waals surface area contributed by atoms with E-state index in [2.05, 4.69) is 10.4 Å². The van der Waals surface area contributed by atoms with Gasteiger partial charge in [0.15, 0.2) is 0 Å². The molecule has 132 valence electrons. The molecular formula is C19H15ClFN3O2. The van der Waals surface area contributed by atoms with Crippen LogP contribution in [0.1, 0.15) is 5.56 Å². The minimum Gasteiger partial charge on any atom is -0.350 e. The number of halogens is 2. The molecule has 1 amide bonds. The van der Waals surface area contributed by atoms with E-state index in [-0.39, 0.29) is 18.9 Å². The van der Waals surface area contributed by atoms with E-state index in [4.69, 9.17) is 11.6 Å². The summed E-state index contributed by atoms with van der Waals surface area (Å²) in [7, 11) is 0. The van der Waals surface area contributed by atoms with Crippen LogP contribution in [-0.4, -0.2) is 15.7 Å². The van der Waals surface area contributed by atoms with Gasteiger partial charge < -0.3 is 5.32 Å². The molecule has 0 aliphatic heterocycles. The molecule has 0 aliphatic carbocycles. The van der Waals surface area contributed by atoms with Gasteiger partial charge in [0.25, 0.3) is 5.56 Å². The Bertz CT molecular complexity index is 1000. The molecule has 5 nitrogen and oxygen atoms in total. The van der Waals surface area contributed by atoms with Crippen LogP contribution in [-0.2, 0) is 17.9 Å². The molecule has 0 spiro atoms. The molecule has 0 atom stereocenters. The first-order valence-electron chi connectivity index (χ1n) is 7.87. The Hall–Kier alpha value is -2.99. The molecule has 3 rings (SSSR count). The van der Waals surface area contributed by atoms with Crippen LogP contribution in [0.2, 0.25) is 5.02 Å². The third kappa shape index (κ3) is 4.34. The van der Waals surface area contributed by atoms with Crippen LogP contribution in [0.5, 0.6) is 0 Å². The van der Waals surface area contributed by atoms with Gasteiger partial charge in [0.05, 0.1) is 10.7 Å². The predicted molar refractivity (Wildman–Crippen MR) is 97.2 cm³/mol. The van der Waals surface area contributed by atoms with Crippen LogP contribution in [0.3, 0.4) is 0 Å². The lowest BCUT2D eigenvalue weighted by Gasteiger charge is -2.09. The van der Waals surface area contributed by atoms with Crippen LogP contribution in [0.25, 0.3) is 11.3 Å². The Morgan fingerprint density at radius 3 is 2.69 bits per heavy atom. The number of carbonyl (C=O) groups excluding carboxylic acids is 1. The Labute approximate surface area is 154 Å². The zero-order chi connectivity index (χ0) is 18.5. The lowest BCUT2D eigenvalue weighted by Crippen LogP contribution is -2.33. The molecule has 26 heavy (non-hydrogen) atoms. The second kappa shape index (κ2) is 7.93. The molecule has 1 N–H and O–H groups in total. The molecule has 0 unspecified atom stereocenters. The summed E-state index contributed by atoms with van der Waals surface area (Å²) < 4.78 is 14.2. The zero-order valence-corrected chi connectivity index (χ0v) is 14.4. The van der Waals surface area contributed by atoms with Gasteiger partial charge in [0.1, 0.15) is 12.4 Å². The number of rotatable bonds is 5. The summed E-state index contributed by atoms with van der Waals surface area (Å²) in [5.41, 5.74) is 1.39. The number of benzene rings is 2. The van der Waals surface area contributed by atoms with Gasteiger partial charge in [0, 0.05) is 18.2 Å². The van der Waals surface area contributed by atoms with E-state index in [0.29, 0.717) is 21.8 Å². The summed E-state index contributed by atoms with van der Waals surface area (Å²) >= 11 is 6.15. The van der Waals surface area contributed by atoms with Gasteiger partial charge in [0.2, 0.25) is 5.91 Å². The van der Waals surface area contributed by atoms with Crippen molar-refractivity contribution < 1.29 is 9.18 Å². The average Bonchev–Trinajstić information content (AvgIpc) is 2.62. The maximum absolute atomic E-state index is 13.2. The van der Waals surface area contributed by atoms with E-state index in [1.165, 1.54) is 18.2 Å². The van der Waals surface area contributed by atoms with Crippen LogP contribution < -0.4 is 10.9 Å². The quantitative estimate of drug-likeness (QED) is 0.749. The molecule has 0 bridgehead atoms. The molecule has 0 fully saturated rings. The fraction of sp³-hybridized carbons (Fsp3) is 0.105. The minimum absolute atomic E-state index is 0.162. The first kappa shape index (κ1) is 17.8. The Morgan fingerprint density at radius 1 is 1.12 bits per heavy atom. The van der Waals surface area contributed by atoms with Crippen molar-refractivity contribution in [3.63, 3.8) is 0 Å². The Kier molecular flexibility index (Phi) is 5.43. The molecular weight excluding hydrogens is 357 g/mol. The highest BCUT2D eigenvalue weighted by Crippen LogP contribution is 2.24. The Balaban J connectivity index is 1.73. The molecule has 0 radical (unpaired) electrons. The largest absolute Gasteiger partial charge is 0.350 e. The molecule has 2 aromatic carbocycles.